The van der Waals surface area contributed by atoms with Crippen molar-refractivity contribution in [3.8, 4) is 0 Å². The van der Waals surface area contributed by atoms with E-state index >= 15 is 0 Å². The zero-order chi connectivity index (χ0) is 10.9. The Balaban J connectivity index is 2.17. The largest absolute Gasteiger partial charge is 0.310 e. The van der Waals surface area contributed by atoms with Crippen molar-refractivity contribution in [2.24, 2.45) is 0 Å². The molecule has 0 aromatic heterocycles. The van der Waals surface area contributed by atoms with Crippen molar-refractivity contribution in [1.29, 1.82) is 5.41 Å². The molecular formula is C14H20N. The third-order valence-electron chi connectivity index (χ3n) is 2.54. The van der Waals surface area contributed by atoms with Crippen molar-refractivity contribution in [3.05, 3.63) is 42.8 Å². The summed E-state index contributed by atoms with van der Waals surface area (Å²) in [6.07, 6.45) is 6.12. The average Bonchev–Trinajstić information content (AvgIpc) is 2.28. The molecule has 15 heavy (non-hydrogen) atoms. The summed E-state index contributed by atoms with van der Waals surface area (Å²) in [7, 11) is 0. The summed E-state index contributed by atoms with van der Waals surface area (Å²) < 4.78 is 0. The monoisotopic (exact) mass is 202 g/mol. The van der Waals surface area contributed by atoms with E-state index in [0.717, 1.165) is 44.2 Å². The van der Waals surface area contributed by atoms with Gasteiger partial charge in [-0.1, -0.05) is 50.1 Å². The fraction of sp³-hybridized carbons (Fsp3) is 0.429. The minimum absolute atomic E-state index is 0.882. The van der Waals surface area contributed by atoms with Gasteiger partial charge in [0.25, 0.3) is 0 Å². The second-order valence-corrected chi connectivity index (χ2v) is 3.90. The van der Waals surface area contributed by atoms with E-state index in [2.05, 4.69) is 31.2 Å². The number of benzene rings is 1. The quantitative estimate of drug-likeness (QED) is 0.510. The lowest BCUT2D eigenvalue weighted by atomic mass is 10.0. The number of nitrogens with one attached hydrogen (secondary N) is 1. The molecule has 0 saturated heterocycles. The SMILES string of the molecule is [CH2]CCCCC(=N)CCc1ccccc1. The van der Waals surface area contributed by atoms with Crippen molar-refractivity contribution in [2.45, 2.75) is 38.5 Å². The topological polar surface area (TPSA) is 23.9 Å². The average molecular weight is 202 g/mol. The molecule has 1 heteroatoms. The maximum absolute atomic E-state index is 7.80. The zero-order valence-corrected chi connectivity index (χ0v) is 9.34. The van der Waals surface area contributed by atoms with Gasteiger partial charge in [0.05, 0.1) is 0 Å². The van der Waals surface area contributed by atoms with E-state index in [1.807, 2.05) is 6.07 Å². The van der Waals surface area contributed by atoms with Gasteiger partial charge in [-0.3, -0.25) is 0 Å². The molecule has 1 aromatic carbocycles. The molecule has 0 aliphatic carbocycles. The maximum Gasteiger partial charge on any atom is 0.00924 e. The number of hydrogen-bond acceptors (Lipinski definition) is 1. The first-order valence-electron chi connectivity index (χ1n) is 5.72. The van der Waals surface area contributed by atoms with E-state index in [1.165, 1.54) is 5.56 Å². The van der Waals surface area contributed by atoms with Gasteiger partial charge < -0.3 is 5.41 Å². The summed E-state index contributed by atoms with van der Waals surface area (Å²) in [4.78, 5) is 0. The van der Waals surface area contributed by atoms with Gasteiger partial charge in [-0.2, -0.15) is 0 Å². The summed E-state index contributed by atoms with van der Waals surface area (Å²) >= 11 is 0. The Morgan fingerprint density at radius 1 is 1.07 bits per heavy atom. The zero-order valence-electron chi connectivity index (χ0n) is 9.34. The summed E-state index contributed by atoms with van der Waals surface area (Å²) in [5.74, 6) is 0. The Labute approximate surface area is 93.0 Å². The predicted molar refractivity (Wildman–Crippen MR) is 66.3 cm³/mol. The van der Waals surface area contributed by atoms with E-state index in [9.17, 15) is 0 Å². The molecule has 1 N–H and O–H groups in total. The van der Waals surface area contributed by atoms with Crippen LogP contribution in [0.1, 0.15) is 37.7 Å². The summed E-state index contributed by atoms with van der Waals surface area (Å²) in [6.45, 7) is 3.81. The molecule has 0 atom stereocenters. The van der Waals surface area contributed by atoms with Crippen LogP contribution < -0.4 is 0 Å². The highest BCUT2D eigenvalue weighted by atomic mass is 14.4. The molecule has 0 unspecified atom stereocenters. The Bertz CT molecular complexity index is 277. The highest BCUT2D eigenvalue weighted by Gasteiger charge is 1.98. The molecule has 1 aromatic rings. The Morgan fingerprint density at radius 3 is 2.47 bits per heavy atom. The van der Waals surface area contributed by atoms with Crippen LogP contribution in [0, 0.1) is 12.3 Å². The lowest BCUT2D eigenvalue weighted by Gasteiger charge is -2.03. The maximum atomic E-state index is 7.80. The molecule has 0 saturated carbocycles. The van der Waals surface area contributed by atoms with E-state index in [0.29, 0.717) is 0 Å². The molecular weight excluding hydrogens is 182 g/mol. The van der Waals surface area contributed by atoms with Gasteiger partial charge in [0.2, 0.25) is 0 Å². The van der Waals surface area contributed by atoms with Crippen LogP contribution in [0.4, 0.5) is 0 Å². The molecule has 0 aliphatic rings. The fourth-order valence-electron chi connectivity index (χ4n) is 1.58. The van der Waals surface area contributed by atoms with Crippen molar-refractivity contribution in [2.75, 3.05) is 0 Å². The van der Waals surface area contributed by atoms with Crippen LogP contribution in [-0.2, 0) is 6.42 Å². The number of aryl methyl sites for hydroxylation is 1. The standard InChI is InChI=1S/C14H20N/c1-2-3-5-10-14(15)12-11-13-8-6-4-7-9-13/h4,6-9,15H,1-3,5,10-12H2. The second kappa shape index (κ2) is 7.22. The molecule has 0 spiro atoms. The van der Waals surface area contributed by atoms with E-state index in [4.69, 9.17) is 5.41 Å². The van der Waals surface area contributed by atoms with E-state index in [1.54, 1.807) is 0 Å². The van der Waals surface area contributed by atoms with Crippen LogP contribution >= 0.6 is 0 Å². The van der Waals surface area contributed by atoms with Crippen LogP contribution in [0.3, 0.4) is 0 Å². The summed E-state index contributed by atoms with van der Waals surface area (Å²) in [6, 6.07) is 10.4. The van der Waals surface area contributed by atoms with Gasteiger partial charge in [0.1, 0.15) is 0 Å². The molecule has 0 aliphatic heterocycles. The summed E-state index contributed by atoms with van der Waals surface area (Å²) in [5.41, 5.74) is 2.21. The van der Waals surface area contributed by atoms with Crippen molar-refractivity contribution in [1.82, 2.24) is 0 Å². The van der Waals surface area contributed by atoms with Crippen molar-refractivity contribution < 1.29 is 0 Å². The Morgan fingerprint density at radius 2 is 1.80 bits per heavy atom. The van der Waals surface area contributed by atoms with E-state index in [-0.39, 0.29) is 0 Å². The van der Waals surface area contributed by atoms with Crippen molar-refractivity contribution in [3.63, 3.8) is 0 Å². The number of unbranched alkanes of at least 4 members (excludes halogenated alkanes) is 2. The van der Waals surface area contributed by atoms with Gasteiger partial charge in [-0.05, 0) is 31.2 Å². The Hall–Kier alpha value is -1.11. The Kier molecular flexibility index (Phi) is 5.76. The molecule has 1 radical (unpaired) electrons. The highest BCUT2D eigenvalue weighted by Crippen LogP contribution is 2.07. The molecule has 0 bridgehead atoms. The van der Waals surface area contributed by atoms with Gasteiger partial charge in [-0.15, -0.1) is 0 Å². The first-order chi connectivity index (χ1) is 7.33. The van der Waals surface area contributed by atoms with Crippen LogP contribution in [0.2, 0.25) is 0 Å². The lowest BCUT2D eigenvalue weighted by molar-refractivity contribution is 0.764. The molecule has 1 nitrogen and oxygen atoms in total. The van der Waals surface area contributed by atoms with Crippen LogP contribution in [0.15, 0.2) is 30.3 Å². The minimum atomic E-state index is 0.882. The van der Waals surface area contributed by atoms with Gasteiger partial charge in [-0.25, -0.2) is 0 Å². The van der Waals surface area contributed by atoms with Gasteiger partial charge >= 0.3 is 0 Å². The third-order valence-corrected chi connectivity index (χ3v) is 2.54. The molecule has 1 rings (SSSR count). The fourth-order valence-corrected chi connectivity index (χ4v) is 1.58. The smallest absolute Gasteiger partial charge is 0.00924 e. The van der Waals surface area contributed by atoms with Gasteiger partial charge in [0, 0.05) is 5.71 Å². The number of hydrogen-bond donors (Lipinski definition) is 1. The molecule has 81 valence electrons. The first-order valence-corrected chi connectivity index (χ1v) is 5.72. The number of rotatable bonds is 7. The highest BCUT2D eigenvalue weighted by molar-refractivity contribution is 5.81. The minimum Gasteiger partial charge on any atom is -0.310 e. The first kappa shape index (κ1) is 12.0. The molecule has 0 heterocycles. The van der Waals surface area contributed by atoms with Crippen molar-refractivity contribution >= 4 is 5.71 Å². The second-order valence-electron chi connectivity index (χ2n) is 3.90. The molecule has 0 fully saturated rings. The lowest BCUT2D eigenvalue weighted by Crippen LogP contribution is -1.98. The summed E-state index contributed by atoms with van der Waals surface area (Å²) in [5, 5.41) is 7.80. The van der Waals surface area contributed by atoms with Crippen LogP contribution in [0.25, 0.3) is 0 Å². The third kappa shape index (κ3) is 5.36. The normalized spacial score (nSPS) is 10.2. The van der Waals surface area contributed by atoms with Crippen LogP contribution in [0.5, 0.6) is 0 Å². The predicted octanol–water partition coefficient (Wildman–Crippen LogP) is 4.03. The molecule has 0 amide bonds. The van der Waals surface area contributed by atoms with Gasteiger partial charge in [0.15, 0.2) is 0 Å². The van der Waals surface area contributed by atoms with E-state index < -0.39 is 0 Å². The van der Waals surface area contributed by atoms with Crippen LogP contribution in [-0.4, -0.2) is 5.71 Å².